The number of hydrogen-bond donors (Lipinski definition) is 2. The minimum Gasteiger partial charge on any atom is -0.465 e. The Morgan fingerprint density at radius 3 is 2.76 bits per heavy atom. The van der Waals surface area contributed by atoms with Gasteiger partial charge in [-0.25, -0.2) is 4.98 Å². The summed E-state index contributed by atoms with van der Waals surface area (Å²) in [6.45, 7) is 11.0. The van der Waals surface area contributed by atoms with E-state index in [0.717, 1.165) is 68.6 Å². The average Bonchev–Trinajstić information content (AvgIpc) is 3.16. The average molecular weight is 346 g/mol. The number of nitrogens with zero attached hydrogens (tertiary/aromatic N) is 3. The van der Waals surface area contributed by atoms with Crippen LogP contribution in [0.25, 0.3) is 0 Å². The fourth-order valence-electron chi connectivity index (χ4n) is 3.60. The number of rotatable bonds is 7. The lowest BCUT2D eigenvalue weighted by atomic mass is 10.1. The molecule has 0 saturated carbocycles. The normalized spacial score (nSPS) is 19.6. The molecule has 1 fully saturated rings. The highest BCUT2D eigenvalue weighted by molar-refractivity contribution is 5.13. The van der Waals surface area contributed by atoms with Crippen LogP contribution in [0.3, 0.4) is 0 Å². The van der Waals surface area contributed by atoms with Crippen molar-refractivity contribution in [3.05, 3.63) is 40.9 Å². The van der Waals surface area contributed by atoms with Gasteiger partial charge >= 0.3 is 0 Å². The van der Waals surface area contributed by atoms with E-state index in [4.69, 9.17) is 9.40 Å². The quantitative estimate of drug-likeness (QED) is 0.805. The van der Waals surface area contributed by atoms with E-state index in [-0.39, 0.29) is 6.61 Å². The zero-order valence-electron chi connectivity index (χ0n) is 15.6. The lowest BCUT2D eigenvalue weighted by Crippen LogP contribution is -2.52. The van der Waals surface area contributed by atoms with Crippen molar-refractivity contribution in [2.75, 3.05) is 26.2 Å². The molecule has 1 aliphatic heterocycles. The van der Waals surface area contributed by atoms with Crippen molar-refractivity contribution in [1.29, 1.82) is 0 Å². The van der Waals surface area contributed by atoms with Crippen molar-refractivity contribution in [2.24, 2.45) is 0 Å². The van der Waals surface area contributed by atoms with Gasteiger partial charge in [0.05, 0.1) is 12.2 Å². The van der Waals surface area contributed by atoms with E-state index in [1.54, 1.807) is 0 Å². The second kappa shape index (κ2) is 8.17. The molecule has 0 radical (unpaired) electrons. The summed E-state index contributed by atoms with van der Waals surface area (Å²) in [6.07, 6.45) is 1.72. The van der Waals surface area contributed by atoms with Crippen LogP contribution < -0.4 is 0 Å². The molecule has 0 amide bonds. The molecule has 0 bridgehead atoms. The molecule has 2 aromatic rings. The highest BCUT2D eigenvalue weighted by Gasteiger charge is 2.28. The summed E-state index contributed by atoms with van der Waals surface area (Å²) < 4.78 is 5.73. The van der Waals surface area contributed by atoms with Gasteiger partial charge in [0.25, 0.3) is 0 Å². The molecule has 0 aliphatic carbocycles. The number of hydrogen-bond acceptors (Lipinski definition) is 5. The SMILES string of the molecule is CCc1nc(CN2CCN(Cc3ccc(C)o3)[C@@H](CCO)C2)c(C)[nH]1. The molecule has 3 rings (SSSR count). The second-order valence-corrected chi connectivity index (χ2v) is 6.99. The fourth-order valence-corrected chi connectivity index (χ4v) is 3.60. The summed E-state index contributed by atoms with van der Waals surface area (Å²) in [5.41, 5.74) is 2.32. The molecular formula is C19H30N4O2. The van der Waals surface area contributed by atoms with E-state index in [1.807, 2.05) is 13.0 Å². The summed E-state index contributed by atoms with van der Waals surface area (Å²) >= 11 is 0. The van der Waals surface area contributed by atoms with Crippen LogP contribution in [-0.2, 0) is 19.5 Å². The summed E-state index contributed by atoms with van der Waals surface area (Å²) in [6, 6.07) is 4.41. The van der Waals surface area contributed by atoms with E-state index in [1.165, 1.54) is 5.69 Å². The molecule has 25 heavy (non-hydrogen) atoms. The Kier molecular flexibility index (Phi) is 5.93. The van der Waals surface area contributed by atoms with Crippen LogP contribution in [-0.4, -0.2) is 57.2 Å². The van der Waals surface area contributed by atoms with Crippen LogP contribution >= 0.6 is 0 Å². The molecule has 2 N–H and O–H groups in total. The molecule has 1 saturated heterocycles. The van der Waals surface area contributed by atoms with Gasteiger partial charge in [-0.1, -0.05) is 6.92 Å². The lowest BCUT2D eigenvalue weighted by molar-refractivity contribution is 0.0448. The predicted molar refractivity (Wildman–Crippen MR) is 97.3 cm³/mol. The first-order valence-electron chi connectivity index (χ1n) is 9.26. The number of aromatic amines is 1. The third kappa shape index (κ3) is 4.51. The molecule has 0 unspecified atom stereocenters. The van der Waals surface area contributed by atoms with Crippen molar-refractivity contribution in [2.45, 2.75) is 52.7 Å². The second-order valence-electron chi connectivity index (χ2n) is 6.99. The lowest BCUT2D eigenvalue weighted by Gasteiger charge is -2.41. The summed E-state index contributed by atoms with van der Waals surface area (Å²) in [5.74, 6) is 3.02. The standard InChI is InChI=1S/C19H30N4O2/c1-4-19-20-15(3)18(21-19)13-22-8-9-23(16(11-22)7-10-24)12-17-6-5-14(2)25-17/h5-6,16,24H,4,7-13H2,1-3H3,(H,20,21)/t16-/m0/s1. The van der Waals surface area contributed by atoms with Crippen LogP contribution in [0.4, 0.5) is 0 Å². The van der Waals surface area contributed by atoms with Crippen molar-refractivity contribution < 1.29 is 9.52 Å². The van der Waals surface area contributed by atoms with Gasteiger partial charge in [0.1, 0.15) is 17.3 Å². The topological polar surface area (TPSA) is 68.5 Å². The molecule has 0 aromatic carbocycles. The monoisotopic (exact) mass is 346 g/mol. The Hall–Kier alpha value is -1.63. The van der Waals surface area contributed by atoms with Gasteiger partial charge < -0.3 is 14.5 Å². The molecule has 138 valence electrons. The Morgan fingerprint density at radius 2 is 2.12 bits per heavy atom. The number of nitrogens with one attached hydrogen (secondary N) is 1. The van der Waals surface area contributed by atoms with Gasteiger partial charge in [0, 0.05) is 50.9 Å². The zero-order valence-corrected chi connectivity index (χ0v) is 15.6. The largest absolute Gasteiger partial charge is 0.465 e. The van der Waals surface area contributed by atoms with Gasteiger partial charge in [-0.3, -0.25) is 9.80 Å². The minimum atomic E-state index is 0.216. The van der Waals surface area contributed by atoms with Crippen LogP contribution in [0, 0.1) is 13.8 Å². The number of aliphatic hydroxyl groups excluding tert-OH is 1. The minimum absolute atomic E-state index is 0.216. The van der Waals surface area contributed by atoms with E-state index >= 15 is 0 Å². The number of piperazine rings is 1. The van der Waals surface area contributed by atoms with Crippen molar-refractivity contribution in [3.63, 3.8) is 0 Å². The van der Waals surface area contributed by atoms with Crippen LogP contribution in [0.15, 0.2) is 16.5 Å². The summed E-state index contributed by atoms with van der Waals surface area (Å²) in [4.78, 5) is 13.0. The van der Waals surface area contributed by atoms with E-state index in [9.17, 15) is 5.11 Å². The Balaban J connectivity index is 1.62. The third-order valence-corrected chi connectivity index (χ3v) is 5.05. The van der Waals surface area contributed by atoms with Crippen molar-refractivity contribution in [3.8, 4) is 0 Å². The number of aliphatic hydroxyl groups is 1. The van der Waals surface area contributed by atoms with Gasteiger partial charge in [-0.2, -0.15) is 0 Å². The third-order valence-electron chi connectivity index (χ3n) is 5.05. The highest BCUT2D eigenvalue weighted by atomic mass is 16.3. The maximum absolute atomic E-state index is 9.48. The highest BCUT2D eigenvalue weighted by Crippen LogP contribution is 2.20. The molecule has 0 spiro atoms. The van der Waals surface area contributed by atoms with Gasteiger partial charge in [-0.05, 0) is 32.4 Å². The first kappa shape index (κ1) is 18.2. The Bertz CT molecular complexity index is 679. The summed E-state index contributed by atoms with van der Waals surface area (Å²) in [5, 5.41) is 9.48. The molecule has 1 atom stereocenters. The van der Waals surface area contributed by atoms with Gasteiger partial charge in [0.2, 0.25) is 0 Å². The molecule has 1 aliphatic rings. The van der Waals surface area contributed by atoms with E-state index < -0.39 is 0 Å². The Labute approximate surface area is 149 Å². The van der Waals surface area contributed by atoms with Gasteiger partial charge in [-0.15, -0.1) is 0 Å². The molecule has 6 heteroatoms. The number of furan rings is 1. The molecular weight excluding hydrogens is 316 g/mol. The van der Waals surface area contributed by atoms with Crippen molar-refractivity contribution >= 4 is 0 Å². The number of aromatic nitrogens is 2. The molecule has 2 aromatic heterocycles. The van der Waals surface area contributed by atoms with Crippen molar-refractivity contribution in [1.82, 2.24) is 19.8 Å². The van der Waals surface area contributed by atoms with E-state index in [2.05, 4.69) is 34.7 Å². The maximum atomic E-state index is 9.48. The predicted octanol–water partition coefficient (Wildman–Crippen LogP) is 2.25. The maximum Gasteiger partial charge on any atom is 0.118 e. The molecule has 3 heterocycles. The number of aryl methyl sites for hydroxylation is 3. The van der Waals surface area contributed by atoms with Crippen LogP contribution in [0.1, 0.15) is 42.1 Å². The number of imidazole rings is 1. The first-order chi connectivity index (χ1) is 12.1. The molecule has 6 nitrogen and oxygen atoms in total. The first-order valence-corrected chi connectivity index (χ1v) is 9.26. The van der Waals surface area contributed by atoms with Crippen LogP contribution in [0.5, 0.6) is 0 Å². The van der Waals surface area contributed by atoms with E-state index in [0.29, 0.717) is 6.04 Å². The van der Waals surface area contributed by atoms with Gasteiger partial charge in [0.15, 0.2) is 0 Å². The number of H-pyrrole nitrogens is 1. The fraction of sp³-hybridized carbons (Fsp3) is 0.632. The Morgan fingerprint density at radius 1 is 1.28 bits per heavy atom. The van der Waals surface area contributed by atoms with Crippen LogP contribution in [0.2, 0.25) is 0 Å². The summed E-state index contributed by atoms with van der Waals surface area (Å²) in [7, 11) is 0. The smallest absolute Gasteiger partial charge is 0.118 e. The zero-order chi connectivity index (χ0) is 17.8.